The maximum Gasteiger partial charge on any atom is 0.255 e. The number of aryl methyl sites for hydroxylation is 2. The molecule has 0 saturated heterocycles. The molecule has 0 atom stereocenters. The van der Waals surface area contributed by atoms with Crippen molar-refractivity contribution >= 4 is 11.6 Å². The summed E-state index contributed by atoms with van der Waals surface area (Å²) >= 11 is 0. The van der Waals surface area contributed by atoms with Gasteiger partial charge in [-0.25, -0.2) is 14.5 Å². The fraction of sp³-hybridized carbons (Fsp3) is 0.231. The highest BCUT2D eigenvalue weighted by atomic mass is 16.1. The van der Waals surface area contributed by atoms with Gasteiger partial charge in [-0.2, -0.15) is 5.10 Å². The minimum atomic E-state index is -0.181. The van der Waals surface area contributed by atoms with Gasteiger partial charge < -0.3 is 10.3 Å². The Bertz CT molecular complexity index is 759. The summed E-state index contributed by atoms with van der Waals surface area (Å²) in [5.74, 6) is -0.181. The number of hydrogen-bond acceptors (Lipinski definition) is 4. The Morgan fingerprint density at radius 2 is 2.25 bits per heavy atom. The van der Waals surface area contributed by atoms with Crippen molar-refractivity contribution in [3.63, 3.8) is 0 Å². The number of nitrogens with one attached hydrogen (secondary N) is 2. The molecule has 0 unspecified atom stereocenters. The number of nitrogens with zero attached hydrogens (tertiary/aromatic N) is 4. The predicted molar refractivity (Wildman–Crippen MR) is 72.2 cm³/mol. The van der Waals surface area contributed by atoms with Gasteiger partial charge in [0.1, 0.15) is 0 Å². The number of aromatic nitrogens is 5. The molecule has 3 aromatic heterocycles. The van der Waals surface area contributed by atoms with Crippen molar-refractivity contribution in [2.24, 2.45) is 0 Å². The van der Waals surface area contributed by atoms with Gasteiger partial charge in [0.2, 0.25) is 0 Å². The molecule has 102 valence electrons. The summed E-state index contributed by atoms with van der Waals surface area (Å²) in [6.07, 6.45) is 4.83. The number of imidazole rings is 1. The van der Waals surface area contributed by atoms with E-state index >= 15 is 0 Å². The average molecular weight is 270 g/mol. The van der Waals surface area contributed by atoms with E-state index in [0.29, 0.717) is 12.1 Å². The van der Waals surface area contributed by atoms with Crippen molar-refractivity contribution in [1.29, 1.82) is 0 Å². The van der Waals surface area contributed by atoms with Crippen LogP contribution in [-0.4, -0.2) is 30.5 Å². The predicted octanol–water partition coefficient (Wildman–Crippen LogP) is 0.999. The van der Waals surface area contributed by atoms with Gasteiger partial charge in [0.05, 0.1) is 35.5 Å². The summed E-state index contributed by atoms with van der Waals surface area (Å²) in [7, 11) is 0. The largest absolute Gasteiger partial charge is 0.347 e. The molecule has 7 heteroatoms. The molecule has 7 nitrogen and oxygen atoms in total. The molecule has 0 aliphatic rings. The number of rotatable bonds is 3. The highest BCUT2D eigenvalue weighted by molar-refractivity contribution is 5.95. The Balaban J connectivity index is 1.85. The van der Waals surface area contributed by atoms with Gasteiger partial charge in [-0.15, -0.1) is 0 Å². The molecule has 0 spiro atoms. The number of fused-ring (bicyclic) bond motifs is 1. The van der Waals surface area contributed by atoms with Crippen molar-refractivity contribution in [3.8, 4) is 0 Å². The molecule has 0 aliphatic heterocycles. The first-order valence-electron chi connectivity index (χ1n) is 6.22. The SMILES string of the molecule is Cc1cc2ncc(C(=O)NCc3cnc[nH]3)c(C)n2n1. The zero-order valence-electron chi connectivity index (χ0n) is 11.2. The third-order valence-electron chi connectivity index (χ3n) is 3.09. The first-order valence-corrected chi connectivity index (χ1v) is 6.22. The van der Waals surface area contributed by atoms with Gasteiger partial charge in [-0.05, 0) is 13.8 Å². The van der Waals surface area contributed by atoms with Crippen LogP contribution in [0.1, 0.15) is 27.4 Å². The molecule has 0 aromatic carbocycles. The molecule has 0 radical (unpaired) electrons. The van der Waals surface area contributed by atoms with Crippen LogP contribution in [-0.2, 0) is 6.54 Å². The Morgan fingerprint density at radius 1 is 1.40 bits per heavy atom. The van der Waals surface area contributed by atoms with Gasteiger partial charge in [0.25, 0.3) is 5.91 Å². The summed E-state index contributed by atoms with van der Waals surface area (Å²) in [4.78, 5) is 23.3. The normalized spacial score (nSPS) is 10.9. The number of hydrogen-bond donors (Lipinski definition) is 2. The molecular weight excluding hydrogens is 256 g/mol. The van der Waals surface area contributed by atoms with Crippen LogP contribution in [0, 0.1) is 13.8 Å². The fourth-order valence-corrected chi connectivity index (χ4v) is 2.04. The Hall–Kier alpha value is -2.70. The van der Waals surface area contributed by atoms with Crippen LogP contribution in [0.4, 0.5) is 0 Å². The lowest BCUT2D eigenvalue weighted by Gasteiger charge is -2.07. The number of amides is 1. The Kier molecular flexibility index (Phi) is 2.94. The third kappa shape index (κ3) is 2.13. The smallest absolute Gasteiger partial charge is 0.255 e. The molecular formula is C13H14N6O. The molecule has 3 aromatic rings. The summed E-state index contributed by atoms with van der Waals surface area (Å²) in [6.45, 7) is 4.15. The maximum absolute atomic E-state index is 12.2. The van der Waals surface area contributed by atoms with E-state index in [9.17, 15) is 4.79 Å². The van der Waals surface area contributed by atoms with Crippen LogP contribution >= 0.6 is 0 Å². The van der Waals surface area contributed by atoms with E-state index in [-0.39, 0.29) is 5.91 Å². The van der Waals surface area contributed by atoms with Crippen LogP contribution < -0.4 is 5.32 Å². The van der Waals surface area contributed by atoms with Crippen molar-refractivity contribution < 1.29 is 4.79 Å². The number of carbonyl (C=O) groups is 1. The first kappa shape index (κ1) is 12.3. The van der Waals surface area contributed by atoms with Gasteiger partial charge >= 0.3 is 0 Å². The standard InChI is InChI=1S/C13H14N6O/c1-8-3-12-15-6-11(9(2)19(12)18-8)13(20)16-5-10-4-14-7-17-10/h3-4,6-7H,5H2,1-2H3,(H,14,17)(H,16,20). The third-order valence-corrected chi connectivity index (χ3v) is 3.09. The van der Waals surface area contributed by atoms with Crippen molar-refractivity contribution in [1.82, 2.24) is 29.9 Å². The molecule has 1 amide bonds. The lowest BCUT2D eigenvalue weighted by atomic mass is 10.2. The second-order valence-corrected chi connectivity index (χ2v) is 4.57. The zero-order chi connectivity index (χ0) is 14.1. The van der Waals surface area contributed by atoms with E-state index in [1.807, 2.05) is 19.9 Å². The quantitative estimate of drug-likeness (QED) is 0.743. The number of carbonyl (C=O) groups excluding carboxylic acids is 1. The van der Waals surface area contributed by atoms with E-state index in [1.165, 1.54) is 0 Å². The van der Waals surface area contributed by atoms with Gasteiger partial charge in [0, 0.05) is 18.5 Å². The fourth-order valence-electron chi connectivity index (χ4n) is 2.04. The van der Waals surface area contributed by atoms with Crippen LogP contribution in [0.5, 0.6) is 0 Å². The van der Waals surface area contributed by atoms with Gasteiger partial charge in [-0.1, -0.05) is 0 Å². The second-order valence-electron chi connectivity index (χ2n) is 4.57. The van der Waals surface area contributed by atoms with Crippen LogP contribution in [0.3, 0.4) is 0 Å². The molecule has 0 fully saturated rings. The van der Waals surface area contributed by atoms with Gasteiger partial charge in [0.15, 0.2) is 5.65 Å². The van der Waals surface area contributed by atoms with Crippen LogP contribution in [0.2, 0.25) is 0 Å². The molecule has 2 N–H and O–H groups in total. The molecule has 0 aliphatic carbocycles. The monoisotopic (exact) mass is 270 g/mol. The topological polar surface area (TPSA) is 88.0 Å². The van der Waals surface area contributed by atoms with Crippen LogP contribution in [0.15, 0.2) is 24.8 Å². The van der Waals surface area contributed by atoms with E-state index in [1.54, 1.807) is 23.2 Å². The van der Waals surface area contributed by atoms with Crippen molar-refractivity contribution in [3.05, 3.63) is 47.4 Å². The summed E-state index contributed by atoms with van der Waals surface area (Å²) in [5.41, 5.74) is 3.74. The molecule has 3 rings (SSSR count). The Morgan fingerprint density at radius 3 is 3.00 bits per heavy atom. The zero-order valence-corrected chi connectivity index (χ0v) is 11.2. The molecule has 0 bridgehead atoms. The van der Waals surface area contributed by atoms with Crippen molar-refractivity contribution in [2.45, 2.75) is 20.4 Å². The van der Waals surface area contributed by atoms with E-state index in [0.717, 1.165) is 22.7 Å². The summed E-state index contributed by atoms with van der Waals surface area (Å²) in [6, 6.07) is 1.87. The Labute approximate surface area is 115 Å². The van der Waals surface area contributed by atoms with E-state index in [4.69, 9.17) is 0 Å². The van der Waals surface area contributed by atoms with Gasteiger partial charge in [-0.3, -0.25) is 4.79 Å². The average Bonchev–Trinajstić information content (AvgIpc) is 3.05. The minimum Gasteiger partial charge on any atom is -0.347 e. The summed E-state index contributed by atoms with van der Waals surface area (Å²) in [5, 5.41) is 7.15. The highest BCUT2D eigenvalue weighted by Gasteiger charge is 2.13. The lowest BCUT2D eigenvalue weighted by molar-refractivity contribution is 0.0949. The lowest BCUT2D eigenvalue weighted by Crippen LogP contribution is -2.25. The number of aromatic amines is 1. The van der Waals surface area contributed by atoms with E-state index in [2.05, 4.69) is 25.4 Å². The molecule has 3 heterocycles. The minimum absolute atomic E-state index is 0.181. The maximum atomic E-state index is 12.2. The van der Waals surface area contributed by atoms with E-state index < -0.39 is 0 Å². The molecule has 20 heavy (non-hydrogen) atoms. The first-order chi connectivity index (χ1) is 9.65. The highest BCUT2D eigenvalue weighted by Crippen LogP contribution is 2.11. The number of H-pyrrole nitrogens is 1. The second kappa shape index (κ2) is 4.76. The van der Waals surface area contributed by atoms with Crippen molar-refractivity contribution in [2.75, 3.05) is 0 Å². The van der Waals surface area contributed by atoms with Crippen LogP contribution in [0.25, 0.3) is 5.65 Å². The molecule has 0 saturated carbocycles. The summed E-state index contributed by atoms with van der Waals surface area (Å²) < 4.78 is 1.68.